The molecule has 0 aliphatic heterocycles. The summed E-state index contributed by atoms with van der Waals surface area (Å²) in [7, 11) is 0. The Balaban J connectivity index is 1.61. The number of hydrogen-bond acceptors (Lipinski definition) is 5. The molecule has 140 valence electrons. The van der Waals surface area contributed by atoms with Gasteiger partial charge in [0.05, 0.1) is 0 Å². The van der Waals surface area contributed by atoms with Crippen LogP contribution < -0.4 is 10.7 Å². The summed E-state index contributed by atoms with van der Waals surface area (Å²) >= 11 is 3.35. The Bertz CT molecular complexity index is 1070. The molecule has 1 fully saturated rings. The monoisotopic (exact) mass is 430 g/mol. The number of fused-ring (bicyclic) bond motifs is 1. The topological polar surface area (TPSA) is 101 Å². The van der Waals surface area contributed by atoms with Gasteiger partial charge in [-0.15, -0.1) is 0 Å². The van der Waals surface area contributed by atoms with Gasteiger partial charge in [0.2, 0.25) is 5.89 Å². The van der Waals surface area contributed by atoms with Crippen molar-refractivity contribution in [2.45, 2.75) is 38.6 Å². The zero-order valence-corrected chi connectivity index (χ0v) is 16.5. The summed E-state index contributed by atoms with van der Waals surface area (Å²) in [6.07, 6.45) is 2.15. The maximum absolute atomic E-state index is 12.8. The number of hydrogen-bond donors (Lipinski definition) is 2. The minimum Gasteiger partial charge on any atom is -0.350 e. The second-order valence-corrected chi connectivity index (χ2v) is 8.11. The van der Waals surface area contributed by atoms with E-state index in [-0.39, 0.29) is 22.9 Å². The van der Waals surface area contributed by atoms with Gasteiger partial charge in [0.1, 0.15) is 11.7 Å². The van der Waals surface area contributed by atoms with Crippen molar-refractivity contribution in [3.63, 3.8) is 0 Å². The molecule has 4 rings (SSSR count). The van der Waals surface area contributed by atoms with Crippen molar-refractivity contribution in [2.24, 2.45) is 5.92 Å². The Morgan fingerprint density at radius 1 is 1.33 bits per heavy atom. The van der Waals surface area contributed by atoms with Gasteiger partial charge in [-0.05, 0) is 37.0 Å². The molecular formula is C19H19BrN4O3. The number of H-pyrrole nitrogens is 1. The van der Waals surface area contributed by atoms with E-state index in [0.29, 0.717) is 28.5 Å². The minimum absolute atomic E-state index is 0.0459. The molecule has 1 saturated carbocycles. The van der Waals surface area contributed by atoms with Gasteiger partial charge in [-0.1, -0.05) is 34.9 Å². The van der Waals surface area contributed by atoms with Gasteiger partial charge in [-0.2, -0.15) is 4.98 Å². The summed E-state index contributed by atoms with van der Waals surface area (Å²) in [5.41, 5.74) is 0.582. The highest BCUT2D eigenvalue weighted by Gasteiger charge is 2.31. The Kier molecular flexibility index (Phi) is 4.59. The third kappa shape index (κ3) is 3.66. The van der Waals surface area contributed by atoms with Crippen LogP contribution in [-0.2, 0) is 0 Å². The number of pyridine rings is 1. The predicted molar refractivity (Wildman–Crippen MR) is 104 cm³/mol. The van der Waals surface area contributed by atoms with Crippen LogP contribution in [0.3, 0.4) is 0 Å². The van der Waals surface area contributed by atoms with Crippen LogP contribution in [0.15, 0.2) is 38.1 Å². The fourth-order valence-electron chi connectivity index (χ4n) is 2.96. The van der Waals surface area contributed by atoms with Crippen LogP contribution in [0, 0.1) is 5.92 Å². The molecule has 1 amide bonds. The molecule has 0 bridgehead atoms. The first kappa shape index (κ1) is 17.9. The number of rotatable bonds is 5. The maximum atomic E-state index is 12.8. The van der Waals surface area contributed by atoms with E-state index in [0.717, 1.165) is 17.3 Å². The van der Waals surface area contributed by atoms with Gasteiger partial charge in [-0.3, -0.25) is 9.59 Å². The molecule has 0 saturated heterocycles. The van der Waals surface area contributed by atoms with Crippen LogP contribution in [0.4, 0.5) is 0 Å². The molecule has 1 aliphatic rings. The number of nitrogens with zero attached hydrogens (tertiary/aromatic N) is 2. The Labute approximate surface area is 163 Å². The highest BCUT2D eigenvalue weighted by molar-refractivity contribution is 9.10. The lowest BCUT2D eigenvalue weighted by Gasteiger charge is -2.18. The van der Waals surface area contributed by atoms with E-state index in [4.69, 9.17) is 4.52 Å². The molecule has 0 spiro atoms. The number of aromatic nitrogens is 3. The van der Waals surface area contributed by atoms with Crippen LogP contribution in [0.1, 0.15) is 60.9 Å². The quantitative estimate of drug-likeness (QED) is 0.642. The summed E-state index contributed by atoms with van der Waals surface area (Å²) in [6.45, 7) is 3.93. The Morgan fingerprint density at radius 2 is 2.11 bits per heavy atom. The SMILES string of the molecule is CC(C)[C@@H](NC(=O)c1cc(=O)c2cc(Br)ccc2[nH]1)c1nc(C2CC2)no1. The van der Waals surface area contributed by atoms with Gasteiger partial charge < -0.3 is 14.8 Å². The predicted octanol–water partition coefficient (Wildman–Crippen LogP) is 3.68. The summed E-state index contributed by atoms with van der Waals surface area (Å²) in [4.78, 5) is 32.6. The highest BCUT2D eigenvalue weighted by atomic mass is 79.9. The van der Waals surface area contributed by atoms with E-state index in [1.165, 1.54) is 6.07 Å². The molecule has 27 heavy (non-hydrogen) atoms. The van der Waals surface area contributed by atoms with Crippen LogP contribution >= 0.6 is 15.9 Å². The minimum atomic E-state index is -0.429. The Morgan fingerprint density at radius 3 is 2.81 bits per heavy atom. The number of carbonyl (C=O) groups excluding carboxylic acids is 1. The summed E-state index contributed by atoms with van der Waals surface area (Å²) < 4.78 is 6.19. The van der Waals surface area contributed by atoms with Crippen LogP contribution in [0.5, 0.6) is 0 Å². The van der Waals surface area contributed by atoms with Gasteiger partial charge in [-0.25, -0.2) is 0 Å². The lowest BCUT2D eigenvalue weighted by Crippen LogP contribution is -2.33. The molecule has 1 aliphatic carbocycles. The third-order valence-corrected chi connectivity index (χ3v) is 5.15. The smallest absolute Gasteiger partial charge is 0.268 e. The van der Waals surface area contributed by atoms with E-state index in [1.54, 1.807) is 12.1 Å². The Hall–Kier alpha value is -2.48. The van der Waals surface area contributed by atoms with E-state index in [1.807, 2.05) is 19.9 Å². The van der Waals surface area contributed by atoms with Crippen molar-refractivity contribution in [1.82, 2.24) is 20.4 Å². The first-order valence-electron chi connectivity index (χ1n) is 8.89. The molecule has 0 unspecified atom stereocenters. The zero-order valence-electron chi connectivity index (χ0n) is 15.0. The molecule has 2 aromatic heterocycles. The van der Waals surface area contributed by atoms with Gasteiger partial charge in [0.25, 0.3) is 5.91 Å². The summed E-state index contributed by atoms with van der Waals surface area (Å²) in [5.74, 6) is 1.13. The standard InChI is InChI=1S/C19H19BrN4O3/c1-9(2)16(19-23-17(24-27-19)10-3-4-10)22-18(26)14-8-15(25)12-7-11(20)5-6-13(12)21-14/h5-10,16H,3-4H2,1-2H3,(H,21,25)(H,22,26)/t16-/m1/s1. The summed E-state index contributed by atoms with van der Waals surface area (Å²) in [5, 5.41) is 7.46. The van der Waals surface area contributed by atoms with Crippen LogP contribution in [-0.4, -0.2) is 21.0 Å². The molecular weight excluding hydrogens is 412 g/mol. The van der Waals surface area contributed by atoms with Crippen molar-refractivity contribution in [1.29, 1.82) is 0 Å². The van der Waals surface area contributed by atoms with Gasteiger partial charge in [0, 0.05) is 27.4 Å². The normalized spacial score (nSPS) is 15.3. The van der Waals surface area contributed by atoms with Crippen molar-refractivity contribution in [2.75, 3.05) is 0 Å². The number of benzene rings is 1. The van der Waals surface area contributed by atoms with Crippen molar-refractivity contribution < 1.29 is 9.32 Å². The zero-order chi connectivity index (χ0) is 19.1. The lowest BCUT2D eigenvalue weighted by atomic mass is 10.0. The average molecular weight is 431 g/mol. The summed E-state index contributed by atoms with van der Waals surface area (Å²) in [6, 6.07) is 6.18. The van der Waals surface area contributed by atoms with Crippen LogP contribution in [0.2, 0.25) is 0 Å². The molecule has 3 aromatic rings. The molecule has 2 heterocycles. The lowest BCUT2D eigenvalue weighted by molar-refractivity contribution is 0.0909. The van der Waals surface area contributed by atoms with E-state index in [9.17, 15) is 9.59 Å². The van der Waals surface area contributed by atoms with E-state index in [2.05, 4.69) is 36.4 Å². The molecule has 7 nitrogen and oxygen atoms in total. The number of halogens is 1. The maximum Gasteiger partial charge on any atom is 0.268 e. The number of amides is 1. The largest absolute Gasteiger partial charge is 0.350 e. The molecule has 2 N–H and O–H groups in total. The first-order chi connectivity index (χ1) is 12.9. The average Bonchev–Trinajstić information content (AvgIpc) is 3.37. The molecule has 1 atom stereocenters. The second kappa shape index (κ2) is 6.92. The molecule has 1 aromatic carbocycles. The second-order valence-electron chi connectivity index (χ2n) is 7.20. The van der Waals surface area contributed by atoms with Crippen molar-refractivity contribution in [3.05, 3.63) is 56.4 Å². The fraction of sp³-hybridized carbons (Fsp3) is 0.368. The number of carbonyl (C=O) groups is 1. The van der Waals surface area contributed by atoms with E-state index >= 15 is 0 Å². The first-order valence-corrected chi connectivity index (χ1v) is 9.68. The van der Waals surface area contributed by atoms with Gasteiger partial charge >= 0.3 is 0 Å². The van der Waals surface area contributed by atoms with E-state index < -0.39 is 6.04 Å². The molecule has 8 heteroatoms. The van der Waals surface area contributed by atoms with Crippen LogP contribution in [0.25, 0.3) is 10.9 Å². The fourth-order valence-corrected chi connectivity index (χ4v) is 3.32. The highest BCUT2D eigenvalue weighted by Crippen LogP contribution is 2.38. The van der Waals surface area contributed by atoms with Gasteiger partial charge in [0.15, 0.2) is 11.3 Å². The number of aromatic amines is 1. The third-order valence-electron chi connectivity index (χ3n) is 4.66. The molecule has 0 radical (unpaired) electrons. The number of nitrogens with one attached hydrogen (secondary N) is 2. The van der Waals surface area contributed by atoms with Crippen molar-refractivity contribution in [3.8, 4) is 0 Å². The van der Waals surface area contributed by atoms with Crippen molar-refractivity contribution >= 4 is 32.7 Å².